The topological polar surface area (TPSA) is 98.5 Å². The summed E-state index contributed by atoms with van der Waals surface area (Å²) in [5.41, 5.74) is 10.6. The number of guanidine groups is 1. The minimum Gasteiger partial charge on any atom is -0.369 e. The lowest BCUT2D eigenvalue weighted by Crippen LogP contribution is -2.37. The molecule has 4 N–H and O–H groups in total. The molecule has 0 atom stereocenters. The second kappa shape index (κ2) is 11.7. The van der Waals surface area contributed by atoms with Crippen molar-refractivity contribution in [2.24, 2.45) is 15.9 Å². The van der Waals surface area contributed by atoms with Gasteiger partial charge in [0.15, 0.2) is 0 Å². The SMILES string of the molecule is CCCCCCCC(C)(CCCCCCC)S(=O)(=O)N=C(N)N. The van der Waals surface area contributed by atoms with E-state index in [2.05, 4.69) is 18.2 Å². The zero-order valence-corrected chi connectivity index (χ0v) is 16.1. The second-order valence-corrected chi connectivity index (χ2v) is 8.89. The van der Waals surface area contributed by atoms with E-state index in [0.29, 0.717) is 12.8 Å². The van der Waals surface area contributed by atoms with Crippen molar-refractivity contribution in [3.63, 3.8) is 0 Å². The monoisotopic (exact) mass is 347 g/mol. The second-order valence-electron chi connectivity index (χ2n) is 6.77. The summed E-state index contributed by atoms with van der Waals surface area (Å²) in [6, 6.07) is 0. The summed E-state index contributed by atoms with van der Waals surface area (Å²) in [6.07, 6.45) is 12.3. The molecule has 138 valence electrons. The summed E-state index contributed by atoms with van der Waals surface area (Å²) < 4.78 is 27.8. The molecule has 0 spiro atoms. The van der Waals surface area contributed by atoms with Crippen LogP contribution in [0, 0.1) is 0 Å². The van der Waals surface area contributed by atoms with Crippen LogP contribution in [0.1, 0.15) is 97.8 Å². The Morgan fingerprint density at radius 3 is 1.57 bits per heavy atom. The highest BCUT2D eigenvalue weighted by Crippen LogP contribution is 2.32. The number of unbranched alkanes of at least 4 members (excludes halogenated alkanes) is 8. The highest BCUT2D eigenvalue weighted by molar-refractivity contribution is 7.91. The Kier molecular flexibility index (Phi) is 11.3. The molecule has 0 aliphatic heterocycles. The van der Waals surface area contributed by atoms with Crippen LogP contribution in [0.15, 0.2) is 4.40 Å². The van der Waals surface area contributed by atoms with Gasteiger partial charge in [-0.1, -0.05) is 78.1 Å². The molecule has 0 fully saturated rings. The van der Waals surface area contributed by atoms with Gasteiger partial charge in [-0.05, 0) is 19.8 Å². The summed E-state index contributed by atoms with van der Waals surface area (Å²) in [4.78, 5) is 0. The highest BCUT2D eigenvalue weighted by atomic mass is 32.2. The van der Waals surface area contributed by atoms with E-state index < -0.39 is 14.8 Å². The molecule has 0 heterocycles. The first-order valence-corrected chi connectivity index (χ1v) is 10.6. The maximum absolute atomic E-state index is 12.6. The molecule has 0 saturated heterocycles. The van der Waals surface area contributed by atoms with Gasteiger partial charge in [0.25, 0.3) is 10.0 Å². The molecule has 0 aliphatic rings. The van der Waals surface area contributed by atoms with E-state index in [1.807, 2.05) is 0 Å². The number of hydrogen-bond donors (Lipinski definition) is 2. The molecule has 0 aromatic heterocycles. The van der Waals surface area contributed by atoms with Gasteiger partial charge in [0, 0.05) is 0 Å². The molecule has 0 rings (SSSR count). The molecule has 5 nitrogen and oxygen atoms in total. The molecule has 6 heteroatoms. The van der Waals surface area contributed by atoms with Gasteiger partial charge in [0.2, 0.25) is 5.96 Å². The fourth-order valence-corrected chi connectivity index (χ4v) is 4.14. The zero-order valence-electron chi connectivity index (χ0n) is 15.3. The third-order valence-electron chi connectivity index (χ3n) is 4.47. The first-order valence-electron chi connectivity index (χ1n) is 9.14. The van der Waals surface area contributed by atoms with Crippen molar-refractivity contribution in [2.75, 3.05) is 0 Å². The predicted molar refractivity (Wildman–Crippen MR) is 99.9 cm³/mol. The largest absolute Gasteiger partial charge is 0.369 e. The van der Waals surface area contributed by atoms with Crippen molar-refractivity contribution in [2.45, 2.75) is 103 Å². The average molecular weight is 348 g/mol. The Balaban J connectivity index is 4.73. The van der Waals surface area contributed by atoms with E-state index >= 15 is 0 Å². The van der Waals surface area contributed by atoms with Gasteiger partial charge in [-0.3, -0.25) is 0 Å². The van der Waals surface area contributed by atoms with Crippen molar-refractivity contribution in [1.29, 1.82) is 0 Å². The molecular weight excluding hydrogens is 310 g/mol. The van der Waals surface area contributed by atoms with E-state index in [-0.39, 0.29) is 5.96 Å². The van der Waals surface area contributed by atoms with Gasteiger partial charge in [0.05, 0.1) is 4.75 Å². The minimum atomic E-state index is -3.67. The van der Waals surface area contributed by atoms with Crippen LogP contribution < -0.4 is 11.5 Å². The molecular formula is C17H37N3O2S. The first-order chi connectivity index (χ1) is 10.8. The van der Waals surface area contributed by atoms with E-state index in [1.54, 1.807) is 6.92 Å². The van der Waals surface area contributed by atoms with Crippen LogP contribution in [-0.4, -0.2) is 19.1 Å². The quantitative estimate of drug-likeness (QED) is 0.281. The van der Waals surface area contributed by atoms with Gasteiger partial charge >= 0.3 is 0 Å². The normalized spacial score (nSPS) is 12.3. The van der Waals surface area contributed by atoms with Crippen molar-refractivity contribution in [3.8, 4) is 0 Å². The van der Waals surface area contributed by atoms with Crippen molar-refractivity contribution in [3.05, 3.63) is 0 Å². The third-order valence-corrected chi connectivity index (χ3v) is 6.57. The maximum atomic E-state index is 12.6. The number of hydrogen-bond acceptors (Lipinski definition) is 2. The smallest absolute Gasteiger partial charge is 0.261 e. The predicted octanol–water partition coefficient (Wildman–Crippen LogP) is 4.07. The number of rotatable bonds is 14. The lowest BCUT2D eigenvalue weighted by Gasteiger charge is -2.27. The minimum absolute atomic E-state index is 0.367. The maximum Gasteiger partial charge on any atom is 0.261 e. The summed E-state index contributed by atoms with van der Waals surface area (Å²) >= 11 is 0. The van der Waals surface area contributed by atoms with E-state index in [4.69, 9.17) is 11.5 Å². The molecule has 0 radical (unpaired) electrons. The summed E-state index contributed by atoms with van der Waals surface area (Å²) in [6.45, 7) is 6.14. The summed E-state index contributed by atoms with van der Waals surface area (Å²) in [5.74, 6) is -0.367. The van der Waals surface area contributed by atoms with Gasteiger partial charge in [-0.2, -0.15) is 0 Å². The molecule has 0 aromatic rings. The Labute approximate surface area is 143 Å². The number of sulfonamides is 1. The van der Waals surface area contributed by atoms with E-state index in [9.17, 15) is 8.42 Å². The molecule has 0 aromatic carbocycles. The molecule has 0 amide bonds. The van der Waals surface area contributed by atoms with Crippen LogP contribution in [0.25, 0.3) is 0 Å². The summed E-state index contributed by atoms with van der Waals surface area (Å²) in [5, 5.41) is 0. The average Bonchev–Trinajstić information content (AvgIpc) is 2.45. The fourth-order valence-electron chi connectivity index (χ4n) is 2.84. The van der Waals surface area contributed by atoms with Crippen LogP contribution in [0.5, 0.6) is 0 Å². The summed E-state index contributed by atoms with van der Waals surface area (Å²) in [7, 11) is -3.67. The number of nitrogens with two attached hydrogens (primary N) is 2. The number of nitrogens with zero attached hydrogens (tertiary/aromatic N) is 1. The van der Waals surface area contributed by atoms with Crippen LogP contribution in [-0.2, 0) is 10.0 Å². The van der Waals surface area contributed by atoms with Crippen LogP contribution in [0.4, 0.5) is 0 Å². The van der Waals surface area contributed by atoms with Crippen molar-refractivity contribution >= 4 is 16.0 Å². The molecule has 0 aliphatic carbocycles. The zero-order chi connectivity index (χ0) is 17.8. The molecule has 0 unspecified atom stereocenters. The Bertz CT molecular complexity index is 415. The Morgan fingerprint density at radius 1 is 0.826 bits per heavy atom. The fraction of sp³-hybridized carbons (Fsp3) is 0.941. The lowest BCUT2D eigenvalue weighted by molar-refractivity contribution is 0.436. The first kappa shape index (κ1) is 22.2. The third kappa shape index (κ3) is 9.18. The van der Waals surface area contributed by atoms with Crippen molar-refractivity contribution < 1.29 is 8.42 Å². The van der Waals surface area contributed by atoms with Crippen molar-refractivity contribution in [1.82, 2.24) is 0 Å². The van der Waals surface area contributed by atoms with E-state index in [1.165, 1.54) is 25.7 Å². The Hall–Kier alpha value is -0.780. The molecule has 0 bridgehead atoms. The van der Waals surface area contributed by atoms with E-state index in [0.717, 1.165) is 38.5 Å². The van der Waals surface area contributed by atoms with Gasteiger partial charge in [-0.25, -0.2) is 8.42 Å². The van der Waals surface area contributed by atoms with Crippen LogP contribution in [0.3, 0.4) is 0 Å². The lowest BCUT2D eigenvalue weighted by atomic mass is 9.95. The molecule has 0 saturated carbocycles. The highest BCUT2D eigenvalue weighted by Gasteiger charge is 2.38. The van der Waals surface area contributed by atoms with Crippen LogP contribution in [0.2, 0.25) is 0 Å². The van der Waals surface area contributed by atoms with Gasteiger partial charge in [0.1, 0.15) is 0 Å². The van der Waals surface area contributed by atoms with Crippen LogP contribution >= 0.6 is 0 Å². The Morgan fingerprint density at radius 2 is 1.22 bits per heavy atom. The molecule has 23 heavy (non-hydrogen) atoms. The standard InChI is InChI=1S/C17H37N3O2S/c1-4-6-8-10-12-14-17(3,15-13-11-9-7-5-2)23(21,22)20-16(18)19/h4-15H2,1-3H3,(H4,18,19,20). The van der Waals surface area contributed by atoms with Gasteiger partial charge in [-0.15, -0.1) is 4.40 Å². The van der Waals surface area contributed by atoms with Gasteiger partial charge < -0.3 is 11.5 Å².